The van der Waals surface area contributed by atoms with Gasteiger partial charge in [0.1, 0.15) is 0 Å². The molecule has 0 atom stereocenters. The smallest absolute Gasteiger partial charge is 0.239 e. The molecule has 1 aromatic heterocycles. The second kappa shape index (κ2) is 9.48. The quantitative estimate of drug-likeness (QED) is 0.537. The number of aromatic nitrogens is 2. The maximum Gasteiger partial charge on any atom is 0.239 e. The molecule has 3 aromatic rings. The second-order valence-corrected chi connectivity index (χ2v) is 9.29. The van der Waals surface area contributed by atoms with E-state index in [-0.39, 0.29) is 12.5 Å². The molecule has 2 aromatic carbocycles. The molecule has 0 radical (unpaired) electrons. The van der Waals surface area contributed by atoms with Crippen molar-refractivity contribution in [3.63, 3.8) is 0 Å². The first-order chi connectivity index (χ1) is 14.9. The highest BCUT2D eigenvalue weighted by atomic mass is 35.5. The van der Waals surface area contributed by atoms with Crippen LogP contribution in [0, 0.1) is 13.8 Å². The number of hydrogen-bond donors (Lipinski definition) is 2. The van der Waals surface area contributed by atoms with E-state index in [0.717, 1.165) is 34.6 Å². The number of likely N-dealkylation sites (N-methyl/N-ethyl adjacent to an activating group) is 1. The Kier molecular flexibility index (Phi) is 6.71. The number of aromatic amines is 1. The summed E-state index contributed by atoms with van der Waals surface area (Å²) in [4.78, 5) is 15.9. The van der Waals surface area contributed by atoms with Crippen molar-refractivity contribution in [3.05, 3.63) is 46.6 Å². The predicted molar refractivity (Wildman–Crippen MR) is 127 cm³/mol. The largest absolute Gasteiger partial charge is 0.378 e. The van der Waals surface area contributed by atoms with Gasteiger partial charge in [-0.25, -0.2) is 4.31 Å². The molecular weight excluding hydrogens is 434 g/mol. The molecule has 1 aliphatic rings. The number of benzene rings is 2. The summed E-state index contributed by atoms with van der Waals surface area (Å²) in [5, 5.41) is 11.9. The van der Waals surface area contributed by atoms with Crippen molar-refractivity contribution >= 4 is 51.7 Å². The van der Waals surface area contributed by atoms with E-state index in [1.54, 1.807) is 6.07 Å². The van der Waals surface area contributed by atoms with Crippen LogP contribution >= 0.6 is 23.5 Å². The molecule has 0 unspecified atom stereocenters. The van der Waals surface area contributed by atoms with Crippen molar-refractivity contribution in [1.82, 2.24) is 14.5 Å². The molecule has 4 rings (SSSR count). The zero-order chi connectivity index (χ0) is 22.0. The number of carbonyl (C=O) groups is 1. The van der Waals surface area contributed by atoms with Crippen LogP contribution < -0.4 is 10.2 Å². The lowest BCUT2D eigenvalue weighted by Gasteiger charge is -2.29. The van der Waals surface area contributed by atoms with Crippen molar-refractivity contribution in [2.45, 2.75) is 18.7 Å². The Labute approximate surface area is 191 Å². The number of anilines is 2. The van der Waals surface area contributed by atoms with Crippen LogP contribution in [0.2, 0.25) is 5.02 Å². The van der Waals surface area contributed by atoms with Crippen LogP contribution in [0.5, 0.6) is 0 Å². The third-order valence-corrected chi connectivity index (χ3v) is 6.83. The number of carbonyl (C=O) groups excluding carboxylic acids is 1. The van der Waals surface area contributed by atoms with Crippen LogP contribution in [0.4, 0.5) is 11.4 Å². The molecular formula is C22H26ClN5O2S. The Balaban J connectivity index is 1.39. The number of hydrogen-bond acceptors (Lipinski definition) is 6. The lowest BCUT2D eigenvalue weighted by molar-refractivity contribution is -0.116. The van der Waals surface area contributed by atoms with E-state index < -0.39 is 0 Å². The summed E-state index contributed by atoms with van der Waals surface area (Å²) in [5.41, 5.74) is 5.02. The van der Waals surface area contributed by atoms with E-state index in [1.165, 1.54) is 23.1 Å². The molecule has 2 heterocycles. The Morgan fingerprint density at radius 2 is 2.10 bits per heavy atom. The minimum atomic E-state index is -0.101. The number of ether oxygens (including phenoxy) is 1. The lowest BCUT2D eigenvalue weighted by Crippen LogP contribution is -2.36. The van der Waals surface area contributed by atoms with Crippen molar-refractivity contribution in [2.75, 3.05) is 50.1 Å². The average Bonchev–Trinajstić information content (AvgIpc) is 3.20. The number of nitrogens with one attached hydrogen (secondary N) is 2. The first kappa shape index (κ1) is 22.0. The summed E-state index contributed by atoms with van der Waals surface area (Å²) < 4.78 is 7.31. The van der Waals surface area contributed by atoms with E-state index in [1.807, 2.05) is 29.7 Å². The van der Waals surface area contributed by atoms with Crippen molar-refractivity contribution in [2.24, 2.45) is 0 Å². The first-order valence-corrected chi connectivity index (χ1v) is 11.3. The molecule has 1 saturated heterocycles. The summed E-state index contributed by atoms with van der Waals surface area (Å²) in [7, 11) is 1.91. The predicted octanol–water partition coefficient (Wildman–Crippen LogP) is 4.25. The molecule has 1 aliphatic heterocycles. The van der Waals surface area contributed by atoms with Gasteiger partial charge >= 0.3 is 0 Å². The number of amides is 1. The van der Waals surface area contributed by atoms with Gasteiger partial charge in [-0.05, 0) is 68.2 Å². The number of fused-ring (bicyclic) bond motifs is 1. The summed E-state index contributed by atoms with van der Waals surface area (Å²) in [6.45, 7) is 7.43. The van der Waals surface area contributed by atoms with E-state index >= 15 is 0 Å². The molecule has 2 N–H and O–H groups in total. The van der Waals surface area contributed by atoms with E-state index in [2.05, 4.69) is 40.3 Å². The monoisotopic (exact) mass is 459 g/mol. The Morgan fingerprint density at radius 1 is 1.32 bits per heavy atom. The van der Waals surface area contributed by atoms with Crippen LogP contribution in [-0.4, -0.2) is 60.3 Å². The highest BCUT2D eigenvalue weighted by Gasteiger charge is 2.17. The van der Waals surface area contributed by atoms with Crippen molar-refractivity contribution in [3.8, 4) is 0 Å². The zero-order valence-electron chi connectivity index (χ0n) is 17.9. The maximum atomic E-state index is 12.6. The van der Waals surface area contributed by atoms with Gasteiger partial charge in [-0.15, -0.1) is 0 Å². The first-order valence-electron chi connectivity index (χ1n) is 10.2. The SMILES string of the molecule is Cc1cc2cn[nH]c2c(SN(C)CC(=O)Nc2ccc(N3CCOCC3)c(Cl)c2)c1C. The second-order valence-electron chi connectivity index (χ2n) is 7.67. The minimum absolute atomic E-state index is 0.101. The summed E-state index contributed by atoms with van der Waals surface area (Å²) in [6.07, 6.45) is 1.82. The Bertz CT molecular complexity index is 1100. The summed E-state index contributed by atoms with van der Waals surface area (Å²) in [5.74, 6) is -0.101. The average molecular weight is 460 g/mol. The molecule has 9 heteroatoms. The van der Waals surface area contributed by atoms with Crippen LogP contribution in [0.3, 0.4) is 0 Å². The molecule has 1 fully saturated rings. The molecule has 1 amide bonds. The van der Waals surface area contributed by atoms with Crippen LogP contribution in [-0.2, 0) is 9.53 Å². The van der Waals surface area contributed by atoms with Crippen molar-refractivity contribution < 1.29 is 9.53 Å². The van der Waals surface area contributed by atoms with Gasteiger partial charge in [-0.2, -0.15) is 5.10 Å². The zero-order valence-corrected chi connectivity index (χ0v) is 19.4. The van der Waals surface area contributed by atoms with Gasteiger partial charge in [-0.3, -0.25) is 9.89 Å². The molecule has 0 spiro atoms. The molecule has 164 valence electrons. The Hall–Kier alpha value is -2.26. The van der Waals surface area contributed by atoms with Gasteiger partial charge in [0.15, 0.2) is 0 Å². The summed E-state index contributed by atoms with van der Waals surface area (Å²) in [6, 6.07) is 7.76. The van der Waals surface area contributed by atoms with Crippen molar-refractivity contribution in [1.29, 1.82) is 0 Å². The lowest BCUT2D eigenvalue weighted by atomic mass is 10.1. The third-order valence-electron chi connectivity index (χ3n) is 5.40. The van der Waals surface area contributed by atoms with Crippen LogP contribution in [0.1, 0.15) is 11.1 Å². The fourth-order valence-electron chi connectivity index (χ4n) is 3.65. The van der Waals surface area contributed by atoms with Crippen LogP contribution in [0.25, 0.3) is 10.9 Å². The number of nitrogens with zero attached hydrogens (tertiary/aromatic N) is 3. The number of halogens is 1. The molecule has 0 aliphatic carbocycles. The van der Waals surface area contributed by atoms with E-state index in [0.29, 0.717) is 23.9 Å². The van der Waals surface area contributed by atoms with Gasteiger partial charge < -0.3 is 15.0 Å². The number of rotatable bonds is 6. The van der Waals surface area contributed by atoms with E-state index in [4.69, 9.17) is 16.3 Å². The van der Waals surface area contributed by atoms with Gasteiger partial charge in [-0.1, -0.05) is 11.6 Å². The number of aryl methyl sites for hydroxylation is 1. The molecule has 7 nitrogen and oxygen atoms in total. The molecule has 31 heavy (non-hydrogen) atoms. The van der Waals surface area contributed by atoms with Crippen LogP contribution in [0.15, 0.2) is 35.4 Å². The summed E-state index contributed by atoms with van der Waals surface area (Å²) >= 11 is 8.02. The topological polar surface area (TPSA) is 73.5 Å². The Morgan fingerprint density at radius 3 is 2.84 bits per heavy atom. The highest BCUT2D eigenvalue weighted by Crippen LogP contribution is 2.34. The molecule has 0 bridgehead atoms. The van der Waals surface area contributed by atoms with Gasteiger partial charge in [0.05, 0.1) is 47.1 Å². The number of H-pyrrole nitrogens is 1. The fourth-order valence-corrected chi connectivity index (χ4v) is 4.99. The standard InChI is InChI=1S/C22H26ClN5O2S/c1-14-10-16-12-24-26-21(16)22(15(14)2)31-27(3)13-20(29)25-17-4-5-19(18(23)11-17)28-6-8-30-9-7-28/h4-5,10-12H,6-9,13H2,1-3H3,(H,24,26)(H,25,29). The molecule has 0 saturated carbocycles. The minimum Gasteiger partial charge on any atom is -0.378 e. The van der Waals surface area contributed by atoms with Gasteiger partial charge in [0.2, 0.25) is 5.91 Å². The fraction of sp³-hybridized carbons (Fsp3) is 0.364. The van der Waals surface area contributed by atoms with E-state index in [9.17, 15) is 4.79 Å². The van der Waals surface area contributed by atoms with Gasteiger partial charge in [0, 0.05) is 24.2 Å². The normalized spacial score (nSPS) is 14.4. The third kappa shape index (κ3) is 4.98. The van der Waals surface area contributed by atoms with Gasteiger partial charge in [0.25, 0.3) is 0 Å². The number of morpholine rings is 1. The maximum absolute atomic E-state index is 12.6. The highest BCUT2D eigenvalue weighted by molar-refractivity contribution is 7.97.